The molecule has 2 rings (SSSR count). The predicted octanol–water partition coefficient (Wildman–Crippen LogP) is 3.78. The second-order valence-corrected chi connectivity index (χ2v) is 7.37. The van der Waals surface area contributed by atoms with Crippen LogP contribution in [-0.4, -0.2) is 37.9 Å². The van der Waals surface area contributed by atoms with Crippen molar-refractivity contribution in [3.63, 3.8) is 0 Å². The summed E-state index contributed by atoms with van der Waals surface area (Å²) < 4.78 is 11.2. The topological polar surface area (TPSA) is 93.8 Å². The Morgan fingerprint density at radius 1 is 1.20 bits per heavy atom. The molecule has 0 aliphatic heterocycles. The fraction of sp³-hybridized carbons (Fsp3) is 0.458. The molecule has 0 saturated heterocycles. The Morgan fingerprint density at radius 3 is 2.53 bits per heavy atom. The van der Waals surface area contributed by atoms with Crippen LogP contribution in [0.3, 0.4) is 0 Å². The standard InChI is InChI=1S/C24H34N2O4/c1-4-5-21(30-16-26-2)14-20(27)12-10-19-11-13-22(28)24(29-3)23(19)18-8-6-17(15-25)7-9-18/h6-9,11,13,21,26,28H,4-5,10,12,14-16,25H2,1-3H3/t21-/m1/s1. The van der Waals surface area contributed by atoms with E-state index in [-0.39, 0.29) is 17.6 Å². The Morgan fingerprint density at radius 2 is 1.93 bits per heavy atom. The summed E-state index contributed by atoms with van der Waals surface area (Å²) in [6.07, 6.45) is 3.15. The lowest BCUT2D eigenvalue weighted by Crippen LogP contribution is -2.23. The average Bonchev–Trinajstić information content (AvgIpc) is 2.76. The summed E-state index contributed by atoms with van der Waals surface area (Å²) in [5.74, 6) is 0.664. The van der Waals surface area contributed by atoms with Gasteiger partial charge in [-0.15, -0.1) is 0 Å². The molecule has 0 unspecified atom stereocenters. The number of phenolic OH excluding ortho intramolecular Hbond substituents is 1. The zero-order chi connectivity index (χ0) is 21.9. The molecule has 2 aromatic rings. The van der Waals surface area contributed by atoms with Crippen molar-refractivity contribution < 1.29 is 19.4 Å². The lowest BCUT2D eigenvalue weighted by atomic mass is 9.93. The number of carbonyl (C=O) groups is 1. The number of hydrogen-bond donors (Lipinski definition) is 3. The van der Waals surface area contributed by atoms with Gasteiger partial charge in [0.25, 0.3) is 0 Å². The van der Waals surface area contributed by atoms with Gasteiger partial charge in [0, 0.05) is 24.9 Å². The van der Waals surface area contributed by atoms with Crippen molar-refractivity contribution in [3.05, 3.63) is 47.5 Å². The molecule has 0 fully saturated rings. The molecule has 6 nitrogen and oxygen atoms in total. The third kappa shape index (κ3) is 6.55. The van der Waals surface area contributed by atoms with Crippen LogP contribution in [0.1, 0.15) is 43.7 Å². The van der Waals surface area contributed by atoms with Gasteiger partial charge in [0.05, 0.1) is 19.9 Å². The molecule has 6 heteroatoms. The maximum absolute atomic E-state index is 12.6. The molecule has 0 bridgehead atoms. The lowest BCUT2D eigenvalue weighted by molar-refractivity contribution is -0.122. The van der Waals surface area contributed by atoms with Gasteiger partial charge in [0.15, 0.2) is 11.5 Å². The molecule has 0 heterocycles. The predicted molar refractivity (Wildman–Crippen MR) is 120 cm³/mol. The van der Waals surface area contributed by atoms with Crippen molar-refractivity contribution in [2.75, 3.05) is 20.9 Å². The first-order valence-electron chi connectivity index (χ1n) is 10.5. The van der Waals surface area contributed by atoms with Crippen molar-refractivity contribution in [2.45, 2.75) is 51.7 Å². The molecule has 0 amide bonds. The van der Waals surface area contributed by atoms with E-state index < -0.39 is 0 Å². The summed E-state index contributed by atoms with van der Waals surface area (Å²) in [5.41, 5.74) is 9.42. The highest BCUT2D eigenvalue weighted by atomic mass is 16.5. The van der Waals surface area contributed by atoms with Crippen molar-refractivity contribution >= 4 is 5.78 Å². The van der Waals surface area contributed by atoms with E-state index in [9.17, 15) is 9.90 Å². The Kier molecular flexibility index (Phi) is 9.80. The van der Waals surface area contributed by atoms with Crippen LogP contribution in [0.25, 0.3) is 11.1 Å². The SMILES string of the molecule is CCC[C@H](CC(=O)CCc1ccc(O)c(OC)c1-c1ccc(CN)cc1)OCNC. The molecule has 4 N–H and O–H groups in total. The minimum atomic E-state index is -0.0624. The number of aromatic hydroxyl groups is 1. The number of benzene rings is 2. The molecule has 0 spiro atoms. The first-order valence-corrected chi connectivity index (χ1v) is 10.5. The minimum absolute atomic E-state index is 0.0624. The second kappa shape index (κ2) is 12.3. The van der Waals surface area contributed by atoms with Gasteiger partial charge >= 0.3 is 0 Å². The number of ketones is 1. The van der Waals surface area contributed by atoms with Crippen molar-refractivity contribution in [2.24, 2.45) is 5.73 Å². The van der Waals surface area contributed by atoms with Gasteiger partial charge in [-0.05, 0) is 42.6 Å². The van der Waals surface area contributed by atoms with Crippen LogP contribution >= 0.6 is 0 Å². The molecule has 1 atom stereocenters. The van der Waals surface area contributed by atoms with Crippen LogP contribution in [0.5, 0.6) is 11.5 Å². The summed E-state index contributed by atoms with van der Waals surface area (Å²) >= 11 is 0. The number of phenols is 1. The number of Topliss-reactive ketones (excluding diaryl/α,β-unsaturated/α-hetero) is 1. The molecule has 0 aliphatic carbocycles. The van der Waals surface area contributed by atoms with E-state index in [0.29, 0.717) is 38.3 Å². The molecule has 30 heavy (non-hydrogen) atoms. The van der Waals surface area contributed by atoms with Crippen LogP contribution in [0.15, 0.2) is 36.4 Å². The maximum Gasteiger partial charge on any atom is 0.168 e. The number of carbonyl (C=O) groups excluding carboxylic acids is 1. The van der Waals surface area contributed by atoms with Gasteiger partial charge in [0.2, 0.25) is 0 Å². The summed E-state index contributed by atoms with van der Waals surface area (Å²) in [4.78, 5) is 12.6. The first-order chi connectivity index (χ1) is 14.5. The Balaban J connectivity index is 2.19. The van der Waals surface area contributed by atoms with E-state index in [1.165, 1.54) is 7.11 Å². The molecule has 0 aromatic heterocycles. The maximum atomic E-state index is 12.6. The van der Waals surface area contributed by atoms with Crippen LogP contribution in [-0.2, 0) is 22.5 Å². The van der Waals surface area contributed by atoms with Gasteiger partial charge in [-0.25, -0.2) is 0 Å². The molecule has 164 valence electrons. The number of methoxy groups -OCH3 is 1. The monoisotopic (exact) mass is 414 g/mol. The highest BCUT2D eigenvalue weighted by molar-refractivity contribution is 5.81. The number of aryl methyl sites for hydroxylation is 1. The van der Waals surface area contributed by atoms with E-state index in [2.05, 4.69) is 12.2 Å². The van der Waals surface area contributed by atoms with Gasteiger partial charge in [-0.3, -0.25) is 10.1 Å². The van der Waals surface area contributed by atoms with Crippen LogP contribution in [0, 0.1) is 0 Å². The number of nitrogens with two attached hydrogens (primary N) is 1. The van der Waals surface area contributed by atoms with Crippen molar-refractivity contribution in [1.82, 2.24) is 5.32 Å². The third-order valence-corrected chi connectivity index (χ3v) is 5.11. The van der Waals surface area contributed by atoms with Gasteiger partial charge in [-0.1, -0.05) is 43.7 Å². The lowest BCUT2D eigenvalue weighted by Gasteiger charge is -2.18. The number of nitrogens with one attached hydrogen (secondary N) is 1. The quantitative estimate of drug-likeness (QED) is 0.432. The summed E-state index contributed by atoms with van der Waals surface area (Å²) in [7, 11) is 3.36. The van der Waals surface area contributed by atoms with Crippen molar-refractivity contribution in [1.29, 1.82) is 0 Å². The number of hydrogen-bond acceptors (Lipinski definition) is 6. The molecule has 2 aromatic carbocycles. The molecular formula is C24H34N2O4. The van der Waals surface area contributed by atoms with Crippen LogP contribution < -0.4 is 15.8 Å². The highest BCUT2D eigenvalue weighted by Gasteiger charge is 2.18. The largest absolute Gasteiger partial charge is 0.504 e. The van der Waals surface area contributed by atoms with E-state index >= 15 is 0 Å². The fourth-order valence-electron chi connectivity index (χ4n) is 3.55. The number of rotatable bonds is 13. The average molecular weight is 415 g/mol. The van der Waals surface area contributed by atoms with Gasteiger partial charge < -0.3 is 20.3 Å². The Bertz CT molecular complexity index is 806. The van der Waals surface area contributed by atoms with Crippen LogP contribution in [0.2, 0.25) is 0 Å². The Hall–Kier alpha value is -2.41. The normalized spacial score (nSPS) is 12.0. The zero-order valence-corrected chi connectivity index (χ0v) is 18.2. The van der Waals surface area contributed by atoms with Crippen molar-refractivity contribution in [3.8, 4) is 22.6 Å². The molecule has 0 saturated carbocycles. The zero-order valence-electron chi connectivity index (χ0n) is 18.2. The van der Waals surface area contributed by atoms with Crippen LogP contribution in [0.4, 0.5) is 0 Å². The highest BCUT2D eigenvalue weighted by Crippen LogP contribution is 2.40. The molecule has 0 radical (unpaired) electrons. The molecular weight excluding hydrogens is 380 g/mol. The van der Waals surface area contributed by atoms with E-state index in [0.717, 1.165) is 35.1 Å². The molecule has 0 aliphatic rings. The van der Waals surface area contributed by atoms with E-state index in [1.807, 2.05) is 37.4 Å². The van der Waals surface area contributed by atoms with E-state index in [1.54, 1.807) is 6.07 Å². The Labute approximate surface area is 179 Å². The second-order valence-electron chi connectivity index (χ2n) is 7.37. The third-order valence-electron chi connectivity index (χ3n) is 5.11. The fourth-order valence-corrected chi connectivity index (χ4v) is 3.55. The minimum Gasteiger partial charge on any atom is -0.504 e. The summed E-state index contributed by atoms with van der Waals surface area (Å²) in [6.45, 7) is 2.99. The summed E-state index contributed by atoms with van der Waals surface area (Å²) in [5, 5.41) is 13.2. The van der Waals surface area contributed by atoms with Gasteiger partial charge in [-0.2, -0.15) is 0 Å². The number of ether oxygens (including phenoxy) is 2. The van der Waals surface area contributed by atoms with Gasteiger partial charge in [0.1, 0.15) is 5.78 Å². The van der Waals surface area contributed by atoms with E-state index in [4.69, 9.17) is 15.2 Å². The first kappa shape index (κ1) is 23.9. The smallest absolute Gasteiger partial charge is 0.168 e. The summed E-state index contributed by atoms with van der Waals surface area (Å²) in [6, 6.07) is 11.3.